The minimum absolute atomic E-state index is 0.0843. The molecule has 3 rings (SSSR count). The molecule has 2 atom stereocenters. The van der Waals surface area contributed by atoms with Crippen molar-refractivity contribution in [1.29, 1.82) is 0 Å². The van der Waals surface area contributed by atoms with E-state index >= 15 is 0 Å². The van der Waals surface area contributed by atoms with Crippen molar-refractivity contribution in [1.82, 2.24) is 9.88 Å². The molecular weight excluding hydrogens is 331 g/mol. The molecule has 0 spiro atoms. The Kier molecular flexibility index (Phi) is 4.44. The highest BCUT2D eigenvalue weighted by Gasteiger charge is 2.35. The van der Waals surface area contributed by atoms with Gasteiger partial charge < -0.3 is 5.32 Å². The smallest absolute Gasteiger partial charge is 0.311 e. The van der Waals surface area contributed by atoms with Gasteiger partial charge in [-0.2, -0.15) is 0 Å². The van der Waals surface area contributed by atoms with Gasteiger partial charge in [0, 0.05) is 18.6 Å². The number of aromatic nitrogens is 1. The van der Waals surface area contributed by atoms with Gasteiger partial charge in [0.2, 0.25) is 0 Å². The second-order valence-electron chi connectivity index (χ2n) is 7.08. The van der Waals surface area contributed by atoms with E-state index in [1.807, 2.05) is 11.4 Å². The van der Waals surface area contributed by atoms with Crippen LogP contribution in [0.4, 0.5) is 15.8 Å². The second kappa shape index (κ2) is 6.25. The highest BCUT2D eigenvalue weighted by Crippen LogP contribution is 2.36. The molecule has 1 aliphatic rings. The Morgan fingerprint density at radius 2 is 2.25 bits per heavy atom. The summed E-state index contributed by atoms with van der Waals surface area (Å²) in [6.07, 6.45) is 0.764. The van der Waals surface area contributed by atoms with Crippen LogP contribution in [0.1, 0.15) is 27.2 Å². The summed E-state index contributed by atoms with van der Waals surface area (Å²) in [6, 6.07) is 1.37. The number of alkyl halides is 1. The summed E-state index contributed by atoms with van der Waals surface area (Å²) in [5.41, 5.74) is 0.891. The summed E-state index contributed by atoms with van der Waals surface area (Å²) < 4.78 is 15.4. The molecule has 1 saturated heterocycles. The van der Waals surface area contributed by atoms with Gasteiger partial charge in [-0.25, -0.2) is 9.37 Å². The number of fused-ring (bicyclic) bond motifs is 1. The number of thiophene rings is 1. The average molecular weight is 352 g/mol. The monoisotopic (exact) mass is 352 g/mol. The molecule has 130 valence electrons. The van der Waals surface area contributed by atoms with E-state index < -0.39 is 17.1 Å². The van der Waals surface area contributed by atoms with E-state index in [9.17, 15) is 14.5 Å². The maximum atomic E-state index is 14.7. The Hall–Kier alpha value is -1.80. The molecule has 1 N–H and O–H groups in total. The van der Waals surface area contributed by atoms with Crippen LogP contribution in [0.3, 0.4) is 0 Å². The lowest BCUT2D eigenvalue weighted by molar-refractivity contribution is -0.384. The van der Waals surface area contributed by atoms with Crippen molar-refractivity contribution in [3.05, 3.63) is 27.8 Å². The zero-order valence-corrected chi connectivity index (χ0v) is 14.8. The Bertz CT molecular complexity index is 758. The van der Waals surface area contributed by atoms with E-state index in [0.717, 1.165) is 6.54 Å². The van der Waals surface area contributed by atoms with E-state index in [4.69, 9.17) is 0 Å². The predicted octanol–water partition coefficient (Wildman–Crippen LogP) is 3.83. The lowest BCUT2D eigenvalue weighted by atomic mass is 9.96. The third kappa shape index (κ3) is 3.21. The Morgan fingerprint density at radius 3 is 2.88 bits per heavy atom. The number of anilines is 1. The molecule has 0 aromatic carbocycles. The summed E-state index contributed by atoms with van der Waals surface area (Å²) in [7, 11) is 0. The minimum Gasteiger partial charge on any atom is -0.372 e. The molecule has 2 unspecified atom stereocenters. The number of hydrogen-bond donors (Lipinski definition) is 1. The largest absolute Gasteiger partial charge is 0.372 e. The number of pyridine rings is 1. The lowest BCUT2D eigenvalue weighted by Crippen LogP contribution is -2.54. The molecule has 0 bridgehead atoms. The molecule has 0 aliphatic carbocycles. The molecule has 8 heteroatoms. The highest BCUT2D eigenvalue weighted by atomic mass is 32.1. The average Bonchev–Trinajstić information content (AvgIpc) is 2.97. The lowest BCUT2D eigenvalue weighted by Gasteiger charge is -2.42. The van der Waals surface area contributed by atoms with Gasteiger partial charge in [0.25, 0.3) is 0 Å². The molecule has 0 amide bonds. The van der Waals surface area contributed by atoms with Gasteiger partial charge in [-0.3, -0.25) is 15.0 Å². The first kappa shape index (κ1) is 17.0. The van der Waals surface area contributed by atoms with Crippen LogP contribution in [0.5, 0.6) is 0 Å². The number of hydrogen-bond acceptors (Lipinski definition) is 6. The van der Waals surface area contributed by atoms with Gasteiger partial charge in [-0.15, -0.1) is 11.3 Å². The number of nitrogens with one attached hydrogen (secondary N) is 1. The van der Waals surface area contributed by atoms with Crippen molar-refractivity contribution < 1.29 is 9.31 Å². The van der Waals surface area contributed by atoms with Gasteiger partial charge in [0.1, 0.15) is 18.1 Å². The standard InChI is InChI=1S/C16H21FN4O2S/c1-16(2,3)20-6-4-11(10(17)9-20)19-14-13(21(22)23)8-18-12-5-7-24-15(12)14/h5,7-8,10-11H,4,6,9H2,1-3H3,(H,18,19). The van der Waals surface area contributed by atoms with Gasteiger partial charge >= 0.3 is 5.69 Å². The van der Waals surface area contributed by atoms with E-state index in [1.165, 1.54) is 17.5 Å². The minimum atomic E-state index is -1.08. The fourth-order valence-electron chi connectivity index (χ4n) is 3.04. The third-order valence-electron chi connectivity index (χ3n) is 4.47. The van der Waals surface area contributed by atoms with E-state index in [2.05, 4.69) is 36.0 Å². The van der Waals surface area contributed by atoms with Crippen molar-refractivity contribution in [3.8, 4) is 0 Å². The predicted molar refractivity (Wildman–Crippen MR) is 94.5 cm³/mol. The van der Waals surface area contributed by atoms with Crippen LogP contribution in [0.2, 0.25) is 0 Å². The summed E-state index contributed by atoms with van der Waals surface area (Å²) in [5, 5.41) is 16.3. The zero-order chi connectivity index (χ0) is 17.5. The first-order chi connectivity index (χ1) is 11.3. The summed E-state index contributed by atoms with van der Waals surface area (Å²) in [6.45, 7) is 7.28. The number of rotatable bonds is 3. The third-order valence-corrected chi connectivity index (χ3v) is 5.39. The number of halogens is 1. The number of piperidine rings is 1. The molecule has 24 heavy (non-hydrogen) atoms. The fourth-order valence-corrected chi connectivity index (χ4v) is 3.90. The molecule has 6 nitrogen and oxygen atoms in total. The molecular formula is C16H21FN4O2S. The van der Waals surface area contributed by atoms with Gasteiger partial charge in [-0.05, 0) is 38.6 Å². The van der Waals surface area contributed by atoms with Crippen LogP contribution in [-0.2, 0) is 0 Å². The topological polar surface area (TPSA) is 71.3 Å². The quantitative estimate of drug-likeness (QED) is 0.671. The normalized spacial score (nSPS) is 22.7. The summed E-state index contributed by atoms with van der Waals surface area (Å²) in [5.74, 6) is 0. The number of nitro groups is 1. The van der Waals surface area contributed by atoms with E-state index in [0.29, 0.717) is 28.9 Å². The van der Waals surface area contributed by atoms with Crippen LogP contribution in [0.15, 0.2) is 17.6 Å². The van der Waals surface area contributed by atoms with Crippen LogP contribution >= 0.6 is 11.3 Å². The van der Waals surface area contributed by atoms with Gasteiger partial charge in [-0.1, -0.05) is 0 Å². The highest BCUT2D eigenvalue weighted by molar-refractivity contribution is 7.17. The molecule has 0 radical (unpaired) electrons. The van der Waals surface area contributed by atoms with E-state index in [-0.39, 0.29) is 11.2 Å². The summed E-state index contributed by atoms with van der Waals surface area (Å²) in [4.78, 5) is 17.1. The Labute approximate surface area is 143 Å². The van der Waals surface area contributed by atoms with Crippen LogP contribution < -0.4 is 5.32 Å². The molecule has 0 saturated carbocycles. The van der Waals surface area contributed by atoms with Crippen molar-refractivity contribution in [2.24, 2.45) is 0 Å². The maximum absolute atomic E-state index is 14.7. The first-order valence-electron chi connectivity index (χ1n) is 7.93. The molecule has 1 fully saturated rings. The molecule has 3 heterocycles. The second-order valence-corrected chi connectivity index (χ2v) is 8.00. The first-order valence-corrected chi connectivity index (χ1v) is 8.81. The SMILES string of the molecule is CC(C)(C)N1CCC(Nc2c([N+](=O)[O-])cnc3ccsc23)C(F)C1. The Morgan fingerprint density at radius 1 is 1.50 bits per heavy atom. The number of nitrogens with zero attached hydrogens (tertiary/aromatic N) is 3. The number of likely N-dealkylation sites (tertiary alicyclic amines) is 1. The van der Waals surface area contributed by atoms with Crippen molar-refractivity contribution in [2.45, 2.75) is 44.9 Å². The van der Waals surface area contributed by atoms with Crippen molar-refractivity contribution in [3.63, 3.8) is 0 Å². The Balaban J connectivity index is 1.86. The van der Waals surface area contributed by atoms with E-state index in [1.54, 1.807) is 0 Å². The maximum Gasteiger partial charge on any atom is 0.311 e. The molecule has 1 aliphatic heterocycles. The molecule has 2 aromatic rings. The fraction of sp³-hybridized carbons (Fsp3) is 0.562. The van der Waals surface area contributed by atoms with Crippen LogP contribution in [0, 0.1) is 10.1 Å². The van der Waals surface area contributed by atoms with Gasteiger partial charge in [0.15, 0.2) is 0 Å². The van der Waals surface area contributed by atoms with Crippen molar-refractivity contribution in [2.75, 3.05) is 18.4 Å². The van der Waals surface area contributed by atoms with Crippen molar-refractivity contribution >= 4 is 32.9 Å². The van der Waals surface area contributed by atoms with Crippen LogP contribution in [-0.4, -0.2) is 45.6 Å². The summed E-state index contributed by atoms with van der Waals surface area (Å²) >= 11 is 1.38. The van der Waals surface area contributed by atoms with Crippen LogP contribution in [0.25, 0.3) is 10.2 Å². The zero-order valence-electron chi connectivity index (χ0n) is 14.0. The molecule has 2 aromatic heterocycles. The van der Waals surface area contributed by atoms with Gasteiger partial charge in [0.05, 0.1) is 21.2 Å².